The van der Waals surface area contributed by atoms with Crippen molar-refractivity contribution in [1.29, 1.82) is 0 Å². The fraction of sp³-hybridized carbons (Fsp3) is 0.455. The minimum Gasteiger partial charge on any atom is -0.504 e. The lowest BCUT2D eigenvalue weighted by Crippen LogP contribution is -2.10. The highest BCUT2D eigenvalue weighted by molar-refractivity contribution is 5.41. The Morgan fingerprint density at radius 1 is 1.13 bits per heavy atom. The highest BCUT2D eigenvalue weighted by Crippen LogP contribution is 2.28. The summed E-state index contributed by atoms with van der Waals surface area (Å²) in [7, 11) is 0. The molecule has 0 unspecified atom stereocenters. The summed E-state index contributed by atoms with van der Waals surface area (Å²) < 4.78 is 0. The van der Waals surface area contributed by atoms with E-state index in [2.05, 4.69) is 0 Å². The number of aromatic hydroxyl groups is 2. The number of benzene rings is 1. The summed E-state index contributed by atoms with van der Waals surface area (Å²) >= 11 is 0. The standard InChI is InChI=1S/C11H18N2O2/c12-6-2-1-3-9(13)8-4-5-10(14)11(15)7-8/h4-5,7,9,14-15H,1-3,6,12-13H2/t9-/m0/s1. The van der Waals surface area contributed by atoms with Crippen molar-refractivity contribution in [3.8, 4) is 11.5 Å². The van der Waals surface area contributed by atoms with E-state index in [9.17, 15) is 5.11 Å². The van der Waals surface area contributed by atoms with E-state index in [1.54, 1.807) is 6.07 Å². The van der Waals surface area contributed by atoms with Crippen molar-refractivity contribution in [3.63, 3.8) is 0 Å². The molecule has 15 heavy (non-hydrogen) atoms. The van der Waals surface area contributed by atoms with Gasteiger partial charge in [-0.05, 0) is 37.1 Å². The van der Waals surface area contributed by atoms with Gasteiger partial charge in [0.25, 0.3) is 0 Å². The van der Waals surface area contributed by atoms with Crippen LogP contribution in [-0.4, -0.2) is 16.8 Å². The second-order valence-electron chi connectivity index (χ2n) is 3.64. The fourth-order valence-electron chi connectivity index (χ4n) is 1.45. The normalized spacial score (nSPS) is 12.7. The molecule has 0 aliphatic carbocycles. The minimum atomic E-state index is -0.123. The van der Waals surface area contributed by atoms with Gasteiger partial charge in [-0.15, -0.1) is 0 Å². The molecule has 1 atom stereocenters. The van der Waals surface area contributed by atoms with E-state index in [4.69, 9.17) is 16.6 Å². The maximum atomic E-state index is 9.30. The predicted molar refractivity (Wildman–Crippen MR) is 59.6 cm³/mol. The molecule has 0 aliphatic heterocycles. The van der Waals surface area contributed by atoms with Crippen LogP contribution in [-0.2, 0) is 0 Å². The number of hydrogen-bond acceptors (Lipinski definition) is 4. The van der Waals surface area contributed by atoms with E-state index in [1.165, 1.54) is 12.1 Å². The van der Waals surface area contributed by atoms with Gasteiger partial charge in [0.15, 0.2) is 11.5 Å². The van der Waals surface area contributed by atoms with Crippen molar-refractivity contribution in [2.75, 3.05) is 6.54 Å². The number of hydrogen-bond donors (Lipinski definition) is 4. The molecule has 0 saturated carbocycles. The summed E-state index contributed by atoms with van der Waals surface area (Å²) in [5, 5.41) is 18.4. The molecule has 0 radical (unpaired) electrons. The molecule has 6 N–H and O–H groups in total. The zero-order valence-corrected chi connectivity index (χ0v) is 8.69. The predicted octanol–water partition coefficient (Wildman–Crippen LogP) is 1.23. The Morgan fingerprint density at radius 2 is 1.87 bits per heavy atom. The van der Waals surface area contributed by atoms with E-state index in [1.807, 2.05) is 0 Å². The van der Waals surface area contributed by atoms with Crippen LogP contribution in [0.5, 0.6) is 11.5 Å². The van der Waals surface area contributed by atoms with Gasteiger partial charge in [0, 0.05) is 6.04 Å². The third-order valence-electron chi connectivity index (χ3n) is 2.40. The van der Waals surface area contributed by atoms with Crippen molar-refractivity contribution >= 4 is 0 Å². The van der Waals surface area contributed by atoms with E-state index in [0.717, 1.165) is 24.8 Å². The van der Waals surface area contributed by atoms with Gasteiger partial charge in [-0.25, -0.2) is 0 Å². The minimum absolute atomic E-state index is 0.108. The molecule has 0 spiro atoms. The molecular weight excluding hydrogens is 192 g/mol. The van der Waals surface area contributed by atoms with Crippen LogP contribution in [0, 0.1) is 0 Å². The average molecular weight is 210 g/mol. The number of rotatable bonds is 5. The van der Waals surface area contributed by atoms with Gasteiger partial charge in [0.1, 0.15) is 0 Å². The quantitative estimate of drug-likeness (QED) is 0.434. The molecular formula is C11H18N2O2. The Hall–Kier alpha value is -1.26. The second kappa shape index (κ2) is 5.58. The molecule has 0 heterocycles. The summed E-state index contributed by atoms with van der Waals surface area (Å²) in [6.45, 7) is 0.674. The lowest BCUT2D eigenvalue weighted by Gasteiger charge is -2.12. The van der Waals surface area contributed by atoms with Crippen molar-refractivity contribution in [3.05, 3.63) is 23.8 Å². The first-order valence-corrected chi connectivity index (χ1v) is 5.12. The fourth-order valence-corrected chi connectivity index (χ4v) is 1.45. The Morgan fingerprint density at radius 3 is 2.47 bits per heavy atom. The summed E-state index contributed by atoms with van der Waals surface area (Å²) in [6.07, 6.45) is 2.76. The monoisotopic (exact) mass is 210 g/mol. The maximum absolute atomic E-state index is 9.30. The summed E-state index contributed by atoms with van der Waals surface area (Å²) in [4.78, 5) is 0. The molecule has 1 aromatic carbocycles. The van der Waals surface area contributed by atoms with Crippen LogP contribution >= 0.6 is 0 Å². The number of unbranched alkanes of at least 4 members (excludes halogenated alkanes) is 1. The number of phenols is 2. The van der Waals surface area contributed by atoms with Gasteiger partial charge in [-0.3, -0.25) is 0 Å². The van der Waals surface area contributed by atoms with Crippen LogP contribution in [0.25, 0.3) is 0 Å². The van der Waals surface area contributed by atoms with E-state index < -0.39 is 0 Å². The molecule has 1 aromatic rings. The van der Waals surface area contributed by atoms with E-state index in [-0.39, 0.29) is 17.5 Å². The van der Waals surface area contributed by atoms with Gasteiger partial charge in [0.2, 0.25) is 0 Å². The molecule has 1 rings (SSSR count). The van der Waals surface area contributed by atoms with Crippen LogP contribution < -0.4 is 11.5 Å². The van der Waals surface area contributed by atoms with Crippen molar-refractivity contribution in [1.82, 2.24) is 0 Å². The van der Waals surface area contributed by atoms with Gasteiger partial charge in [-0.1, -0.05) is 12.5 Å². The smallest absolute Gasteiger partial charge is 0.157 e. The SMILES string of the molecule is NCCCC[C@H](N)c1ccc(O)c(O)c1. The Balaban J connectivity index is 2.57. The van der Waals surface area contributed by atoms with Crippen molar-refractivity contribution in [2.45, 2.75) is 25.3 Å². The highest BCUT2D eigenvalue weighted by Gasteiger charge is 2.08. The third-order valence-corrected chi connectivity index (χ3v) is 2.40. The Kier molecular flexibility index (Phi) is 4.39. The van der Waals surface area contributed by atoms with Crippen LogP contribution in [0.3, 0.4) is 0 Å². The molecule has 0 saturated heterocycles. The lowest BCUT2D eigenvalue weighted by atomic mass is 10.0. The topological polar surface area (TPSA) is 92.5 Å². The molecule has 4 heteroatoms. The average Bonchev–Trinajstić information content (AvgIpc) is 2.22. The van der Waals surface area contributed by atoms with Crippen molar-refractivity contribution < 1.29 is 10.2 Å². The first kappa shape index (κ1) is 11.8. The summed E-state index contributed by atoms with van der Waals surface area (Å²) in [5.74, 6) is -0.241. The molecule has 0 aromatic heterocycles. The summed E-state index contributed by atoms with van der Waals surface area (Å²) in [5.41, 5.74) is 12.1. The molecule has 4 nitrogen and oxygen atoms in total. The number of phenolic OH excluding ortho intramolecular Hbond substituents is 2. The van der Waals surface area contributed by atoms with E-state index >= 15 is 0 Å². The molecule has 0 aliphatic rings. The highest BCUT2D eigenvalue weighted by atomic mass is 16.3. The van der Waals surface area contributed by atoms with Gasteiger partial charge in [0.05, 0.1) is 0 Å². The zero-order valence-electron chi connectivity index (χ0n) is 8.69. The zero-order chi connectivity index (χ0) is 11.3. The van der Waals surface area contributed by atoms with Crippen LogP contribution in [0.15, 0.2) is 18.2 Å². The first-order valence-electron chi connectivity index (χ1n) is 5.12. The molecule has 0 fully saturated rings. The maximum Gasteiger partial charge on any atom is 0.157 e. The summed E-state index contributed by atoms with van der Waals surface area (Å²) in [6, 6.07) is 4.57. The number of nitrogens with two attached hydrogens (primary N) is 2. The van der Waals surface area contributed by atoms with E-state index in [0.29, 0.717) is 6.54 Å². The van der Waals surface area contributed by atoms with Crippen molar-refractivity contribution in [2.24, 2.45) is 11.5 Å². The first-order chi connectivity index (χ1) is 7.15. The van der Waals surface area contributed by atoms with Gasteiger partial charge >= 0.3 is 0 Å². The molecule has 84 valence electrons. The lowest BCUT2D eigenvalue weighted by molar-refractivity contribution is 0.402. The molecule has 0 amide bonds. The molecule has 0 bridgehead atoms. The largest absolute Gasteiger partial charge is 0.504 e. The second-order valence-corrected chi connectivity index (χ2v) is 3.64. The van der Waals surface area contributed by atoms with Gasteiger partial charge in [-0.2, -0.15) is 0 Å². The van der Waals surface area contributed by atoms with Crippen LogP contribution in [0.1, 0.15) is 30.9 Å². The third kappa shape index (κ3) is 3.42. The van der Waals surface area contributed by atoms with Crippen LogP contribution in [0.2, 0.25) is 0 Å². The Bertz CT molecular complexity index is 315. The van der Waals surface area contributed by atoms with Gasteiger partial charge < -0.3 is 21.7 Å². The Labute approximate surface area is 89.5 Å². The van der Waals surface area contributed by atoms with Crippen LogP contribution in [0.4, 0.5) is 0 Å².